The zero-order chi connectivity index (χ0) is 23.1. The third kappa shape index (κ3) is 6.32. The van der Waals surface area contributed by atoms with Gasteiger partial charge in [0.05, 0.1) is 0 Å². The molecule has 0 atom stereocenters. The highest BCUT2D eigenvalue weighted by Crippen LogP contribution is 2.18. The minimum Gasteiger partial charge on any atom is -0.378 e. The Bertz CT molecular complexity index is 956. The quantitative estimate of drug-likeness (QED) is 0.612. The fraction of sp³-hybridized carbons (Fsp3) is 0.250. The number of Topliss-reactive ketones (excluding diaryl/α,β-unsaturated/α-hetero) is 1. The number of allylic oxidation sites excluding steroid dienone is 4. The number of hydrogen-bond donors (Lipinski definition) is 0. The van der Waals surface area contributed by atoms with E-state index in [-0.39, 0.29) is 5.78 Å². The monoisotopic (exact) mass is 427 g/mol. The molecular weight excluding hydrogens is 394 g/mol. The molecule has 0 aliphatic carbocycles. The molecule has 3 rings (SSSR count). The van der Waals surface area contributed by atoms with Crippen molar-refractivity contribution in [1.82, 2.24) is 4.90 Å². The van der Waals surface area contributed by atoms with Gasteiger partial charge in [-0.05, 0) is 42.4 Å². The Morgan fingerprint density at radius 3 is 1.41 bits per heavy atom. The van der Waals surface area contributed by atoms with Gasteiger partial charge in [0.1, 0.15) is 0 Å². The van der Waals surface area contributed by atoms with Crippen molar-refractivity contribution in [3.8, 4) is 0 Å². The molecule has 4 heteroatoms. The molecule has 0 unspecified atom stereocenters. The first-order chi connectivity index (χ1) is 15.3. The van der Waals surface area contributed by atoms with E-state index >= 15 is 0 Å². The van der Waals surface area contributed by atoms with Crippen LogP contribution in [0.25, 0.3) is 12.2 Å². The average molecular weight is 428 g/mol. The van der Waals surface area contributed by atoms with Crippen LogP contribution in [0.2, 0.25) is 0 Å². The van der Waals surface area contributed by atoms with Crippen LogP contribution in [0.3, 0.4) is 0 Å². The SMILES string of the molecule is CN1C/C(=C/C=C/c2ccc(N(C)C)cc2)C(=O)/C(=C\C=C\c2ccc(N(C)C)cc2)C1. The Balaban J connectivity index is 1.69. The van der Waals surface area contributed by atoms with Crippen molar-refractivity contribution in [3.63, 3.8) is 0 Å². The largest absolute Gasteiger partial charge is 0.378 e. The Kier molecular flexibility index (Phi) is 7.85. The second-order valence-electron chi connectivity index (χ2n) is 8.58. The molecule has 0 bridgehead atoms. The van der Waals surface area contributed by atoms with E-state index in [0.29, 0.717) is 13.1 Å². The molecule has 2 aromatic rings. The first-order valence-electron chi connectivity index (χ1n) is 10.9. The van der Waals surface area contributed by atoms with Crippen molar-refractivity contribution >= 4 is 29.3 Å². The molecule has 0 aromatic heterocycles. The molecule has 1 heterocycles. The highest BCUT2D eigenvalue weighted by Gasteiger charge is 2.22. The first-order valence-corrected chi connectivity index (χ1v) is 10.9. The van der Waals surface area contributed by atoms with Gasteiger partial charge in [-0.3, -0.25) is 9.69 Å². The van der Waals surface area contributed by atoms with Crippen LogP contribution in [0.15, 0.2) is 84.0 Å². The molecule has 1 aliphatic rings. The number of benzene rings is 2. The van der Waals surface area contributed by atoms with Crippen LogP contribution in [0.4, 0.5) is 11.4 Å². The second-order valence-corrected chi connectivity index (χ2v) is 8.58. The summed E-state index contributed by atoms with van der Waals surface area (Å²) in [5, 5.41) is 0. The van der Waals surface area contributed by atoms with E-state index in [1.807, 2.05) is 71.7 Å². The number of anilines is 2. The number of carbonyl (C=O) groups is 1. The van der Waals surface area contributed by atoms with Crippen molar-refractivity contribution < 1.29 is 4.79 Å². The van der Waals surface area contributed by atoms with Gasteiger partial charge < -0.3 is 9.80 Å². The van der Waals surface area contributed by atoms with Crippen LogP contribution in [0.5, 0.6) is 0 Å². The van der Waals surface area contributed by atoms with Gasteiger partial charge in [0, 0.05) is 63.8 Å². The fourth-order valence-corrected chi connectivity index (χ4v) is 3.56. The number of nitrogens with zero attached hydrogens (tertiary/aromatic N) is 3. The Morgan fingerprint density at radius 2 is 1.06 bits per heavy atom. The van der Waals surface area contributed by atoms with Crippen molar-refractivity contribution in [2.45, 2.75) is 0 Å². The van der Waals surface area contributed by atoms with Crippen molar-refractivity contribution in [2.75, 3.05) is 58.1 Å². The number of hydrogen-bond acceptors (Lipinski definition) is 4. The van der Waals surface area contributed by atoms with E-state index in [0.717, 1.165) is 22.3 Å². The van der Waals surface area contributed by atoms with Gasteiger partial charge in [-0.2, -0.15) is 0 Å². The van der Waals surface area contributed by atoms with Crippen LogP contribution in [-0.4, -0.2) is 59.0 Å². The highest BCUT2D eigenvalue weighted by molar-refractivity contribution is 6.10. The predicted molar refractivity (Wildman–Crippen MR) is 138 cm³/mol. The topological polar surface area (TPSA) is 26.8 Å². The zero-order valence-electron chi connectivity index (χ0n) is 19.7. The Labute approximate surface area is 192 Å². The minimum absolute atomic E-state index is 0.128. The van der Waals surface area contributed by atoms with Crippen molar-refractivity contribution in [3.05, 3.63) is 95.1 Å². The summed E-state index contributed by atoms with van der Waals surface area (Å²) in [5.74, 6) is 0.128. The normalized spacial score (nSPS) is 17.7. The third-order valence-electron chi connectivity index (χ3n) is 5.45. The molecule has 4 nitrogen and oxygen atoms in total. The summed E-state index contributed by atoms with van der Waals surface area (Å²) >= 11 is 0. The van der Waals surface area contributed by atoms with Gasteiger partial charge in [0.25, 0.3) is 0 Å². The molecular formula is C28H33N3O. The van der Waals surface area contributed by atoms with Gasteiger partial charge in [0.2, 0.25) is 0 Å². The summed E-state index contributed by atoms with van der Waals surface area (Å²) in [5.41, 5.74) is 6.19. The lowest BCUT2D eigenvalue weighted by molar-refractivity contribution is -0.113. The molecule has 2 aromatic carbocycles. The number of rotatable bonds is 6. The summed E-state index contributed by atoms with van der Waals surface area (Å²) in [7, 11) is 10.2. The lowest BCUT2D eigenvalue weighted by Crippen LogP contribution is -2.34. The molecule has 32 heavy (non-hydrogen) atoms. The van der Waals surface area contributed by atoms with Crippen LogP contribution in [0, 0.1) is 0 Å². The fourth-order valence-electron chi connectivity index (χ4n) is 3.56. The van der Waals surface area contributed by atoms with Crippen LogP contribution in [0.1, 0.15) is 11.1 Å². The summed E-state index contributed by atoms with van der Waals surface area (Å²) in [6.07, 6.45) is 11.9. The first kappa shape index (κ1) is 23.3. The second kappa shape index (κ2) is 10.8. The third-order valence-corrected chi connectivity index (χ3v) is 5.45. The van der Waals surface area contributed by atoms with Gasteiger partial charge in [0.15, 0.2) is 5.78 Å². The zero-order valence-corrected chi connectivity index (χ0v) is 19.7. The molecule has 1 fully saturated rings. The van der Waals surface area contributed by atoms with Crippen LogP contribution in [-0.2, 0) is 4.79 Å². The average Bonchev–Trinajstić information content (AvgIpc) is 2.77. The van der Waals surface area contributed by atoms with Gasteiger partial charge in [-0.25, -0.2) is 0 Å². The van der Waals surface area contributed by atoms with Gasteiger partial charge in [-0.15, -0.1) is 0 Å². The van der Waals surface area contributed by atoms with E-state index in [2.05, 4.69) is 63.2 Å². The minimum atomic E-state index is 0.128. The van der Waals surface area contributed by atoms with E-state index in [1.165, 1.54) is 11.4 Å². The number of likely N-dealkylation sites (tertiary alicyclic amines) is 1. The molecule has 0 N–H and O–H groups in total. The van der Waals surface area contributed by atoms with E-state index in [4.69, 9.17) is 0 Å². The number of piperidine rings is 1. The van der Waals surface area contributed by atoms with E-state index in [1.54, 1.807) is 0 Å². The molecule has 0 radical (unpaired) electrons. The van der Waals surface area contributed by atoms with Gasteiger partial charge >= 0.3 is 0 Å². The Morgan fingerprint density at radius 1 is 0.688 bits per heavy atom. The van der Waals surface area contributed by atoms with Crippen molar-refractivity contribution in [1.29, 1.82) is 0 Å². The summed E-state index contributed by atoms with van der Waals surface area (Å²) in [4.78, 5) is 19.3. The predicted octanol–water partition coefficient (Wildman–Crippen LogP) is 4.91. The lowest BCUT2D eigenvalue weighted by atomic mass is 9.97. The number of likely N-dealkylation sites (N-methyl/N-ethyl adjacent to an activating group) is 1. The summed E-state index contributed by atoms with van der Waals surface area (Å²) < 4.78 is 0. The Hall–Kier alpha value is -3.37. The van der Waals surface area contributed by atoms with Crippen LogP contribution < -0.4 is 9.80 Å². The van der Waals surface area contributed by atoms with E-state index in [9.17, 15) is 4.79 Å². The smallest absolute Gasteiger partial charge is 0.187 e. The van der Waals surface area contributed by atoms with E-state index < -0.39 is 0 Å². The molecule has 166 valence electrons. The maximum absolute atomic E-state index is 13.0. The molecule has 0 spiro atoms. The standard InChI is InChI=1S/C28H33N3O/c1-29(2)26-16-12-22(13-17-26)8-6-10-24-20-31(5)21-25(28(24)32)11-7-9-23-14-18-27(19-15-23)30(3)4/h6-19H,20-21H2,1-5H3/b8-6+,9-7+,24-10-,25-11-. The number of carbonyl (C=O) groups excluding carboxylic acids is 1. The summed E-state index contributed by atoms with van der Waals surface area (Å²) in [6, 6.07) is 16.7. The van der Waals surface area contributed by atoms with Gasteiger partial charge in [-0.1, -0.05) is 60.7 Å². The number of ketones is 1. The van der Waals surface area contributed by atoms with Crippen LogP contribution >= 0.6 is 0 Å². The summed E-state index contributed by atoms with van der Waals surface area (Å²) in [6.45, 7) is 1.32. The molecule has 0 saturated carbocycles. The van der Waals surface area contributed by atoms with Crippen molar-refractivity contribution in [2.24, 2.45) is 0 Å². The lowest BCUT2D eigenvalue weighted by Gasteiger charge is -2.25. The molecule has 0 amide bonds. The maximum Gasteiger partial charge on any atom is 0.187 e. The molecule has 1 saturated heterocycles. The highest BCUT2D eigenvalue weighted by atomic mass is 16.1. The molecule has 1 aliphatic heterocycles. The maximum atomic E-state index is 13.0.